The Morgan fingerprint density at radius 3 is 2.96 bits per heavy atom. The SMILES string of the molecule is Cc1nn2cccnc2c1C(=O)NCc1ccccc1OC1CCC1. The highest BCUT2D eigenvalue weighted by Gasteiger charge is 2.21. The third-order valence-electron chi connectivity index (χ3n) is 4.56. The second kappa shape index (κ2) is 6.55. The van der Waals surface area contributed by atoms with Gasteiger partial charge in [-0.25, -0.2) is 9.50 Å². The number of fused-ring (bicyclic) bond motifs is 1. The smallest absolute Gasteiger partial charge is 0.257 e. The fourth-order valence-corrected chi connectivity index (χ4v) is 2.96. The van der Waals surface area contributed by atoms with Gasteiger partial charge in [0.1, 0.15) is 11.3 Å². The number of rotatable bonds is 5. The average molecular weight is 336 g/mol. The van der Waals surface area contributed by atoms with Crippen molar-refractivity contribution in [3.63, 3.8) is 0 Å². The van der Waals surface area contributed by atoms with Crippen molar-refractivity contribution in [2.24, 2.45) is 0 Å². The van der Waals surface area contributed by atoms with E-state index < -0.39 is 0 Å². The second-order valence-electron chi connectivity index (χ2n) is 6.31. The minimum absolute atomic E-state index is 0.176. The van der Waals surface area contributed by atoms with Gasteiger partial charge < -0.3 is 10.1 Å². The first kappa shape index (κ1) is 15.6. The number of aromatic nitrogens is 3. The number of aryl methyl sites for hydroxylation is 1. The Balaban J connectivity index is 1.51. The van der Waals surface area contributed by atoms with Crippen LogP contribution in [0.1, 0.15) is 40.9 Å². The van der Waals surface area contributed by atoms with Gasteiger partial charge in [0.2, 0.25) is 0 Å². The molecule has 0 atom stereocenters. The van der Waals surface area contributed by atoms with Gasteiger partial charge in [-0.15, -0.1) is 0 Å². The molecule has 1 aliphatic carbocycles. The summed E-state index contributed by atoms with van der Waals surface area (Å²) in [5.74, 6) is 0.673. The highest BCUT2D eigenvalue weighted by atomic mass is 16.5. The van der Waals surface area contributed by atoms with Crippen molar-refractivity contribution in [3.8, 4) is 5.75 Å². The first-order valence-corrected chi connectivity index (χ1v) is 8.55. The van der Waals surface area contributed by atoms with E-state index in [2.05, 4.69) is 15.4 Å². The maximum Gasteiger partial charge on any atom is 0.257 e. The van der Waals surface area contributed by atoms with Crippen LogP contribution in [-0.4, -0.2) is 26.6 Å². The molecule has 1 aliphatic rings. The predicted octanol–water partition coefficient (Wildman–Crippen LogP) is 2.90. The molecule has 1 aromatic carbocycles. The number of carbonyl (C=O) groups is 1. The molecule has 0 aliphatic heterocycles. The topological polar surface area (TPSA) is 68.5 Å². The van der Waals surface area contributed by atoms with E-state index in [1.807, 2.05) is 31.2 Å². The molecule has 0 unspecified atom stereocenters. The highest BCUT2D eigenvalue weighted by molar-refractivity contribution is 6.00. The van der Waals surface area contributed by atoms with Gasteiger partial charge in [0.05, 0.1) is 11.8 Å². The van der Waals surface area contributed by atoms with Crippen molar-refractivity contribution >= 4 is 11.6 Å². The van der Waals surface area contributed by atoms with Gasteiger partial charge in [0.15, 0.2) is 5.65 Å². The number of carbonyl (C=O) groups excluding carboxylic acids is 1. The Morgan fingerprint density at radius 1 is 1.32 bits per heavy atom. The molecule has 1 N–H and O–H groups in total. The summed E-state index contributed by atoms with van der Waals surface area (Å²) in [6.07, 6.45) is 7.19. The van der Waals surface area contributed by atoms with Crippen LogP contribution in [0.2, 0.25) is 0 Å². The van der Waals surface area contributed by atoms with Gasteiger partial charge in [-0.2, -0.15) is 5.10 Å². The largest absolute Gasteiger partial charge is 0.490 e. The highest BCUT2D eigenvalue weighted by Crippen LogP contribution is 2.27. The monoisotopic (exact) mass is 336 g/mol. The van der Waals surface area contributed by atoms with Crippen molar-refractivity contribution in [2.75, 3.05) is 0 Å². The molecule has 6 nitrogen and oxygen atoms in total. The van der Waals surface area contributed by atoms with Gasteiger partial charge in [-0.3, -0.25) is 4.79 Å². The van der Waals surface area contributed by atoms with Gasteiger partial charge in [0, 0.05) is 24.5 Å². The Morgan fingerprint density at radius 2 is 2.16 bits per heavy atom. The van der Waals surface area contributed by atoms with E-state index in [0.717, 1.165) is 24.2 Å². The lowest BCUT2D eigenvalue weighted by Gasteiger charge is -2.27. The Bertz CT molecular complexity index is 915. The molecule has 0 saturated heterocycles. The summed E-state index contributed by atoms with van der Waals surface area (Å²) >= 11 is 0. The summed E-state index contributed by atoms with van der Waals surface area (Å²) in [5, 5.41) is 7.31. The molecular weight excluding hydrogens is 316 g/mol. The minimum atomic E-state index is -0.176. The third kappa shape index (κ3) is 3.07. The fourth-order valence-electron chi connectivity index (χ4n) is 2.96. The van der Waals surface area contributed by atoms with Gasteiger partial charge in [-0.05, 0) is 38.3 Å². The first-order valence-electron chi connectivity index (χ1n) is 8.55. The van der Waals surface area contributed by atoms with Gasteiger partial charge in [0.25, 0.3) is 5.91 Å². The van der Waals surface area contributed by atoms with E-state index in [1.165, 1.54) is 6.42 Å². The summed E-state index contributed by atoms with van der Waals surface area (Å²) < 4.78 is 7.64. The molecule has 2 aromatic heterocycles. The predicted molar refractivity (Wildman–Crippen MR) is 93.6 cm³/mol. The standard InChI is InChI=1S/C19H20N4O2/c1-13-17(18-20-10-5-11-23(18)22-13)19(24)21-12-14-6-2-3-9-16(14)25-15-7-4-8-15/h2-3,5-6,9-11,15H,4,7-8,12H2,1H3,(H,21,24). The number of nitrogens with zero attached hydrogens (tertiary/aromatic N) is 3. The Kier molecular flexibility index (Phi) is 4.09. The average Bonchev–Trinajstić information content (AvgIpc) is 2.92. The number of nitrogens with one attached hydrogen (secondary N) is 1. The quantitative estimate of drug-likeness (QED) is 0.778. The van der Waals surface area contributed by atoms with E-state index in [-0.39, 0.29) is 5.91 Å². The van der Waals surface area contributed by atoms with Crippen LogP contribution in [0.15, 0.2) is 42.7 Å². The van der Waals surface area contributed by atoms with E-state index >= 15 is 0 Å². The van der Waals surface area contributed by atoms with Gasteiger partial charge >= 0.3 is 0 Å². The summed E-state index contributed by atoms with van der Waals surface area (Å²) in [7, 11) is 0. The molecule has 4 rings (SSSR count). The van der Waals surface area contributed by atoms with Crippen LogP contribution < -0.4 is 10.1 Å². The number of hydrogen-bond donors (Lipinski definition) is 1. The molecule has 0 radical (unpaired) electrons. The zero-order valence-electron chi connectivity index (χ0n) is 14.1. The summed E-state index contributed by atoms with van der Waals surface area (Å²) in [5.41, 5.74) is 2.72. The molecule has 6 heteroatoms. The van der Waals surface area contributed by atoms with Crippen molar-refractivity contribution in [1.82, 2.24) is 19.9 Å². The maximum atomic E-state index is 12.7. The zero-order valence-corrected chi connectivity index (χ0v) is 14.1. The Hall–Kier alpha value is -2.89. The van der Waals surface area contributed by atoms with Crippen LogP contribution in [0, 0.1) is 6.92 Å². The number of benzene rings is 1. The summed E-state index contributed by atoms with van der Waals surface area (Å²) in [6.45, 7) is 2.22. The molecule has 128 valence electrons. The number of ether oxygens (including phenoxy) is 1. The van der Waals surface area contributed by atoms with Crippen LogP contribution >= 0.6 is 0 Å². The molecule has 25 heavy (non-hydrogen) atoms. The van der Waals surface area contributed by atoms with Gasteiger partial charge in [-0.1, -0.05) is 18.2 Å². The Labute approximate surface area is 145 Å². The first-order chi connectivity index (χ1) is 12.2. The third-order valence-corrected chi connectivity index (χ3v) is 4.56. The summed E-state index contributed by atoms with van der Waals surface area (Å²) in [6, 6.07) is 9.64. The second-order valence-corrected chi connectivity index (χ2v) is 6.31. The van der Waals surface area contributed by atoms with Crippen LogP contribution in [-0.2, 0) is 6.54 Å². The molecule has 1 fully saturated rings. The lowest BCUT2D eigenvalue weighted by atomic mass is 9.96. The van der Waals surface area contributed by atoms with Crippen molar-refractivity contribution in [1.29, 1.82) is 0 Å². The van der Waals surface area contributed by atoms with E-state index in [9.17, 15) is 4.79 Å². The lowest BCUT2D eigenvalue weighted by molar-refractivity contribution is 0.0949. The van der Waals surface area contributed by atoms with Crippen LogP contribution in [0.25, 0.3) is 5.65 Å². The van der Waals surface area contributed by atoms with Crippen molar-refractivity contribution in [3.05, 3.63) is 59.5 Å². The summed E-state index contributed by atoms with van der Waals surface area (Å²) in [4.78, 5) is 16.9. The molecule has 2 heterocycles. The minimum Gasteiger partial charge on any atom is -0.490 e. The molecule has 1 amide bonds. The lowest BCUT2D eigenvalue weighted by Crippen LogP contribution is -2.27. The number of hydrogen-bond acceptors (Lipinski definition) is 4. The van der Waals surface area contributed by atoms with Crippen LogP contribution in [0.4, 0.5) is 0 Å². The van der Waals surface area contributed by atoms with E-state index in [0.29, 0.717) is 29.6 Å². The maximum absolute atomic E-state index is 12.7. The zero-order chi connectivity index (χ0) is 17.2. The molecule has 3 aromatic rings. The normalized spacial score (nSPS) is 14.3. The molecular formula is C19H20N4O2. The van der Waals surface area contributed by atoms with Crippen LogP contribution in [0.3, 0.4) is 0 Å². The molecule has 0 bridgehead atoms. The number of amides is 1. The number of para-hydroxylation sites is 1. The fraction of sp³-hybridized carbons (Fsp3) is 0.316. The van der Waals surface area contributed by atoms with Crippen molar-refractivity contribution in [2.45, 2.75) is 38.8 Å². The van der Waals surface area contributed by atoms with Crippen LogP contribution in [0.5, 0.6) is 5.75 Å². The van der Waals surface area contributed by atoms with Crippen molar-refractivity contribution < 1.29 is 9.53 Å². The molecule has 1 saturated carbocycles. The molecule has 0 spiro atoms. The van der Waals surface area contributed by atoms with E-state index in [4.69, 9.17) is 4.74 Å². The van der Waals surface area contributed by atoms with E-state index in [1.54, 1.807) is 23.0 Å².